The highest BCUT2D eigenvalue weighted by Gasteiger charge is 2.25. The molecule has 0 atom stereocenters. The van der Waals surface area contributed by atoms with Crippen molar-refractivity contribution in [3.8, 4) is 11.4 Å². The Morgan fingerprint density at radius 3 is 2.61 bits per heavy atom. The number of anilines is 1. The fourth-order valence-electron chi connectivity index (χ4n) is 4.75. The zero-order valence-electron chi connectivity index (χ0n) is 22.6. The number of para-hydroxylation sites is 1. The third kappa shape index (κ3) is 5.92. The number of nitro groups is 1. The fraction of sp³-hybridized carbons (Fsp3) is 0.241. The number of thioether (sulfide) groups is 1. The first-order valence-corrected chi connectivity index (χ1v) is 14.1. The van der Waals surface area contributed by atoms with Crippen LogP contribution in [-0.4, -0.2) is 50.4 Å². The summed E-state index contributed by atoms with van der Waals surface area (Å²) in [5, 5.41) is 23.3. The van der Waals surface area contributed by atoms with Crippen LogP contribution in [0.15, 0.2) is 71.9 Å². The minimum Gasteiger partial charge on any atom is -0.494 e. The summed E-state index contributed by atoms with van der Waals surface area (Å²) in [4.78, 5) is 38.7. The average Bonchev–Trinajstić information content (AvgIpc) is 3.59. The lowest BCUT2D eigenvalue weighted by Crippen LogP contribution is -2.30. The topological polar surface area (TPSA) is 132 Å². The highest BCUT2D eigenvalue weighted by molar-refractivity contribution is 7.99. The molecule has 0 saturated heterocycles. The number of amides is 2. The Balaban J connectivity index is 1.37. The molecule has 5 rings (SSSR count). The van der Waals surface area contributed by atoms with Crippen LogP contribution in [0.1, 0.15) is 34.2 Å². The first-order valence-electron chi connectivity index (χ1n) is 13.1. The lowest BCUT2D eigenvalue weighted by atomic mass is 10.1. The van der Waals surface area contributed by atoms with E-state index in [-0.39, 0.29) is 35.0 Å². The van der Waals surface area contributed by atoms with E-state index in [2.05, 4.69) is 15.5 Å². The van der Waals surface area contributed by atoms with Gasteiger partial charge in [-0.25, -0.2) is 0 Å². The van der Waals surface area contributed by atoms with E-state index in [4.69, 9.17) is 4.74 Å². The number of hydrogen-bond acceptors (Lipinski definition) is 8. The minimum absolute atomic E-state index is 0.00911. The third-order valence-electron chi connectivity index (χ3n) is 6.77. The Morgan fingerprint density at radius 1 is 1.07 bits per heavy atom. The van der Waals surface area contributed by atoms with Crippen LogP contribution in [0.2, 0.25) is 0 Å². The van der Waals surface area contributed by atoms with Crippen molar-refractivity contribution in [1.82, 2.24) is 20.1 Å². The molecule has 12 heteroatoms. The molecule has 0 saturated carbocycles. The SMILES string of the molecule is CCOc1ccc(-n2c(CNC(=O)c3cccc([N+](=O)[O-])c3C)nnc2SCC(=O)N2CCc3ccccc32)cc1. The van der Waals surface area contributed by atoms with Gasteiger partial charge < -0.3 is 15.0 Å². The number of nitrogens with zero attached hydrogens (tertiary/aromatic N) is 5. The molecular formula is C29H28N6O5S. The van der Waals surface area contributed by atoms with Gasteiger partial charge in [0.1, 0.15) is 5.75 Å². The molecule has 1 aliphatic rings. The van der Waals surface area contributed by atoms with E-state index in [1.165, 1.54) is 30.0 Å². The van der Waals surface area contributed by atoms with E-state index >= 15 is 0 Å². The predicted octanol–water partition coefficient (Wildman–Crippen LogP) is 4.49. The standard InChI is InChI=1S/C29H28N6O5S/c1-3-40-22-13-11-21(12-14-22)34-26(17-30-28(37)23-8-6-10-24(19(23)2)35(38)39)31-32-29(34)41-18-27(36)33-16-15-20-7-4-5-9-25(20)33/h4-14H,3,15-18H2,1-2H3,(H,30,37). The summed E-state index contributed by atoms with van der Waals surface area (Å²) in [5.41, 5.74) is 3.18. The van der Waals surface area contributed by atoms with Gasteiger partial charge in [-0.1, -0.05) is 36.0 Å². The fourth-order valence-corrected chi connectivity index (χ4v) is 5.60. The van der Waals surface area contributed by atoms with E-state index in [0.29, 0.717) is 29.9 Å². The maximum absolute atomic E-state index is 13.2. The molecule has 0 fully saturated rings. The van der Waals surface area contributed by atoms with Crippen molar-refractivity contribution in [2.24, 2.45) is 0 Å². The highest BCUT2D eigenvalue weighted by Crippen LogP contribution is 2.30. The van der Waals surface area contributed by atoms with Crippen LogP contribution >= 0.6 is 11.8 Å². The maximum Gasteiger partial charge on any atom is 0.273 e. The molecule has 1 N–H and O–H groups in total. The molecule has 0 radical (unpaired) electrons. The molecular weight excluding hydrogens is 544 g/mol. The Kier molecular flexibility index (Phi) is 8.29. The van der Waals surface area contributed by atoms with Gasteiger partial charge in [-0.3, -0.25) is 24.3 Å². The number of carbonyl (C=O) groups excluding carboxylic acids is 2. The number of ether oxygens (including phenoxy) is 1. The van der Waals surface area contributed by atoms with Crippen LogP contribution in [0.3, 0.4) is 0 Å². The second-order valence-electron chi connectivity index (χ2n) is 9.26. The van der Waals surface area contributed by atoms with Gasteiger partial charge in [0, 0.05) is 35.1 Å². The van der Waals surface area contributed by atoms with Gasteiger partial charge in [-0.2, -0.15) is 0 Å². The van der Waals surface area contributed by atoms with Crippen molar-refractivity contribution in [2.45, 2.75) is 32.0 Å². The molecule has 0 unspecified atom stereocenters. The highest BCUT2D eigenvalue weighted by atomic mass is 32.2. The zero-order valence-corrected chi connectivity index (χ0v) is 23.4. The lowest BCUT2D eigenvalue weighted by molar-refractivity contribution is -0.385. The van der Waals surface area contributed by atoms with Gasteiger partial charge in [-0.15, -0.1) is 10.2 Å². The summed E-state index contributed by atoms with van der Waals surface area (Å²) in [6.07, 6.45) is 0.822. The molecule has 2 amide bonds. The van der Waals surface area contributed by atoms with Crippen LogP contribution in [0.25, 0.3) is 5.69 Å². The number of aromatic nitrogens is 3. The first kappa shape index (κ1) is 27.8. The molecule has 1 aromatic heterocycles. The van der Waals surface area contributed by atoms with E-state index in [9.17, 15) is 19.7 Å². The van der Waals surface area contributed by atoms with Crippen molar-refractivity contribution in [3.05, 3.63) is 99.4 Å². The monoisotopic (exact) mass is 572 g/mol. The predicted molar refractivity (Wildman–Crippen MR) is 155 cm³/mol. The van der Waals surface area contributed by atoms with Crippen molar-refractivity contribution >= 4 is 35.0 Å². The Labute approximate surface area is 240 Å². The number of nitro benzene ring substituents is 1. The van der Waals surface area contributed by atoms with Crippen LogP contribution in [0.5, 0.6) is 5.75 Å². The molecule has 3 aromatic carbocycles. The van der Waals surface area contributed by atoms with Gasteiger partial charge in [0.05, 0.1) is 23.8 Å². The molecule has 1 aliphatic heterocycles. The summed E-state index contributed by atoms with van der Waals surface area (Å²) in [5.74, 6) is 0.800. The second-order valence-corrected chi connectivity index (χ2v) is 10.2. The molecule has 0 bridgehead atoms. The molecule has 4 aromatic rings. The number of rotatable bonds is 10. The number of carbonyl (C=O) groups is 2. The summed E-state index contributed by atoms with van der Waals surface area (Å²) < 4.78 is 7.35. The van der Waals surface area contributed by atoms with E-state index in [1.807, 2.05) is 55.5 Å². The quantitative estimate of drug-likeness (QED) is 0.167. The van der Waals surface area contributed by atoms with E-state index in [0.717, 1.165) is 23.4 Å². The second kappa shape index (κ2) is 12.2. The molecule has 210 valence electrons. The van der Waals surface area contributed by atoms with Crippen LogP contribution in [0.4, 0.5) is 11.4 Å². The largest absolute Gasteiger partial charge is 0.494 e. The molecule has 2 heterocycles. The smallest absolute Gasteiger partial charge is 0.273 e. The van der Waals surface area contributed by atoms with E-state index < -0.39 is 10.8 Å². The Bertz CT molecular complexity index is 1600. The summed E-state index contributed by atoms with van der Waals surface area (Å²) >= 11 is 1.26. The number of hydrogen-bond donors (Lipinski definition) is 1. The molecule has 0 aliphatic carbocycles. The number of nitrogens with one attached hydrogen (secondary N) is 1. The lowest BCUT2D eigenvalue weighted by Gasteiger charge is -2.17. The van der Waals surface area contributed by atoms with Gasteiger partial charge >= 0.3 is 0 Å². The van der Waals surface area contributed by atoms with Crippen LogP contribution < -0.4 is 15.0 Å². The Hall–Kier alpha value is -4.71. The van der Waals surface area contributed by atoms with Crippen LogP contribution in [0, 0.1) is 17.0 Å². The minimum atomic E-state index is -0.514. The first-order chi connectivity index (χ1) is 19.9. The van der Waals surface area contributed by atoms with Crippen molar-refractivity contribution in [2.75, 3.05) is 23.8 Å². The van der Waals surface area contributed by atoms with Gasteiger partial charge in [0.25, 0.3) is 11.6 Å². The van der Waals surface area contributed by atoms with E-state index in [1.54, 1.807) is 16.4 Å². The van der Waals surface area contributed by atoms with Gasteiger partial charge in [-0.05, 0) is 62.2 Å². The summed E-state index contributed by atoms with van der Waals surface area (Å²) in [7, 11) is 0. The van der Waals surface area contributed by atoms with Gasteiger partial charge in [0.2, 0.25) is 5.91 Å². The molecule has 11 nitrogen and oxygen atoms in total. The summed E-state index contributed by atoms with van der Waals surface area (Å²) in [6.45, 7) is 4.62. The normalized spacial score (nSPS) is 12.2. The maximum atomic E-state index is 13.2. The average molecular weight is 573 g/mol. The van der Waals surface area contributed by atoms with Crippen LogP contribution in [-0.2, 0) is 17.8 Å². The summed E-state index contributed by atoms with van der Waals surface area (Å²) in [6, 6.07) is 19.6. The third-order valence-corrected chi connectivity index (χ3v) is 7.69. The number of benzene rings is 3. The number of fused-ring (bicyclic) bond motifs is 1. The van der Waals surface area contributed by atoms with Gasteiger partial charge in [0.15, 0.2) is 11.0 Å². The Morgan fingerprint density at radius 2 is 1.85 bits per heavy atom. The van der Waals surface area contributed by atoms with Crippen molar-refractivity contribution in [3.63, 3.8) is 0 Å². The van der Waals surface area contributed by atoms with Crippen molar-refractivity contribution in [1.29, 1.82) is 0 Å². The molecule has 0 spiro atoms. The van der Waals surface area contributed by atoms with Crippen molar-refractivity contribution < 1.29 is 19.2 Å². The zero-order chi connectivity index (χ0) is 28.9. The molecule has 41 heavy (non-hydrogen) atoms.